The van der Waals surface area contributed by atoms with Gasteiger partial charge in [0.2, 0.25) is 6.79 Å². The van der Waals surface area contributed by atoms with E-state index in [1.165, 1.54) is 6.21 Å². The summed E-state index contributed by atoms with van der Waals surface area (Å²) in [5.74, 6) is 0.913. The molecule has 5 aromatic rings. The maximum Gasteiger partial charge on any atom is 0.343 e. The Balaban J connectivity index is 1.28. The smallest absolute Gasteiger partial charge is 0.343 e. The molecule has 0 saturated carbocycles. The molecule has 0 saturated heterocycles. The van der Waals surface area contributed by atoms with Crippen LogP contribution in [0.3, 0.4) is 0 Å². The van der Waals surface area contributed by atoms with Crippen molar-refractivity contribution in [3.05, 3.63) is 105 Å². The lowest BCUT2D eigenvalue weighted by Gasteiger charge is -2.11. The molecule has 1 amide bonds. The molecule has 11 heteroatoms. The van der Waals surface area contributed by atoms with Gasteiger partial charge < -0.3 is 23.9 Å². The molecular formula is C32H23Br2N3O6. The van der Waals surface area contributed by atoms with Gasteiger partial charge in [0.15, 0.2) is 17.2 Å². The van der Waals surface area contributed by atoms with E-state index in [1.54, 1.807) is 30.3 Å². The topological polar surface area (TPSA) is 111 Å². The Bertz CT molecular complexity index is 1890. The van der Waals surface area contributed by atoms with Crippen LogP contribution in [0.25, 0.3) is 22.0 Å². The Hall–Kier alpha value is -4.61. The van der Waals surface area contributed by atoms with Crippen LogP contribution in [0.5, 0.6) is 23.0 Å². The van der Waals surface area contributed by atoms with Gasteiger partial charge in [-0.05, 0) is 76.9 Å². The van der Waals surface area contributed by atoms with Gasteiger partial charge in [-0.25, -0.2) is 10.2 Å². The van der Waals surface area contributed by atoms with Gasteiger partial charge in [0.25, 0.3) is 5.91 Å². The van der Waals surface area contributed by atoms with E-state index in [4.69, 9.17) is 18.9 Å². The fourth-order valence-corrected chi connectivity index (χ4v) is 6.02. The number of hydrogen-bond donors (Lipinski definition) is 2. The molecule has 2 N–H and O–H groups in total. The van der Waals surface area contributed by atoms with Crippen molar-refractivity contribution < 1.29 is 28.5 Å². The second kappa shape index (κ2) is 12.3. The third-order valence-corrected chi connectivity index (χ3v) is 7.63. The molecule has 0 unspecified atom stereocenters. The minimum Gasteiger partial charge on any atom is -0.494 e. The molecule has 1 aliphatic heterocycles. The van der Waals surface area contributed by atoms with Crippen molar-refractivity contribution in [3.8, 4) is 34.1 Å². The second-order valence-electron chi connectivity index (χ2n) is 9.34. The number of hydrogen-bond acceptors (Lipinski definition) is 7. The van der Waals surface area contributed by atoms with Crippen molar-refractivity contribution >= 4 is 60.9 Å². The van der Waals surface area contributed by atoms with Crippen molar-refractivity contribution in [3.63, 3.8) is 0 Å². The Morgan fingerprint density at radius 1 is 1.00 bits per heavy atom. The van der Waals surface area contributed by atoms with Crippen LogP contribution < -0.4 is 24.4 Å². The summed E-state index contributed by atoms with van der Waals surface area (Å²) in [6, 6.07) is 23.5. The zero-order valence-electron chi connectivity index (χ0n) is 22.6. The largest absolute Gasteiger partial charge is 0.494 e. The maximum atomic E-state index is 13.5. The second-order valence-corrected chi connectivity index (χ2v) is 11.1. The van der Waals surface area contributed by atoms with Crippen molar-refractivity contribution in [1.82, 2.24) is 10.4 Å². The number of amides is 1. The van der Waals surface area contributed by atoms with Crippen LogP contribution in [-0.4, -0.2) is 36.5 Å². The molecule has 9 nitrogen and oxygen atoms in total. The summed E-state index contributed by atoms with van der Waals surface area (Å²) in [5, 5.41) is 5.05. The summed E-state index contributed by atoms with van der Waals surface area (Å²) in [5.41, 5.74) is 6.06. The lowest BCUT2D eigenvalue weighted by atomic mass is 10.0. The average molecular weight is 705 g/mol. The number of aromatic amines is 1. The lowest BCUT2D eigenvalue weighted by molar-refractivity contribution is 0.0732. The molecule has 1 aliphatic rings. The summed E-state index contributed by atoms with van der Waals surface area (Å²) in [7, 11) is 0. The van der Waals surface area contributed by atoms with E-state index in [2.05, 4.69) is 47.4 Å². The number of benzene rings is 4. The van der Waals surface area contributed by atoms with E-state index in [0.717, 1.165) is 22.0 Å². The maximum absolute atomic E-state index is 13.5. The van der Waals surface area contributed by atoms with E-state index < -0.39 is 11.9 Å². The first kappa shape index (κ1) is 28.5. The summed E-state index contributed by atoms with van der Waals surface area (Å²) >= 11 is 6.92. The SMILES string of the molecule is CCOc1ccc2[nH]c(C(=O)NN=Cc3cc(Br)cc(Br)c3OC(=O)c3ccc4c(c3)OCO4)c(-c3ccccc3)c2c1. The molecule has 0 radical (unpaired) electrons. The third kappa shape index (κ3) is 5.99. The summed E-state index contributed by atoms with van der Waals surface area (Å²) in [4.78, 5) is 29.7. The molecule has 0 bridgehead atoms. The predicted molar refractivity (Wildman–Crippen MR) is 169 cm³/mol. The molecule has 0 fully saturated rings. The molecule has 2 heterocycles. The Morgan fingerprint density at radius 3 is 2.63 bits per heavy atom. The highest BCUT2D eigenvalue weighted by atomic mass is 79.9. The number of aromatic nitrogens is 1. The van der Waals surface area contributed by atoms with Gasteiger partial charge in [-0.3, -0.25) is 4.79 Å². The molecular weight excluding hydrogens is 682 g/mol. The minimum absolute atomic E-state index is 0.0953. The zero-order chi connectivity index (χ0) is 29.9. The van der Waals surface area contributed by atoms with Gasteiger partial charge in [-0.15, -0.1) is 0 Å². The molecule has 4 aromatic carbocycles. The number of carbonyl (C=O) groups excluding carboxylic acids is 2. The average Bonchev–Trinajstić information content (AvgIpc) is 3.63. The first-order chi connectivity index (χ1) is 20.9. The van der Waals surface area contributed by atoms with E-state index >= 15 is 0 Å². The van der Waals surface area contributed by atoms with Gasteiger partial charge in [0.05, 0.1) is 22.9 Å². The van der Waals surface area contributed by atoms with Crippen LogP contribution in [0.15, 0.2) is 92.9 Å². The van der Waals surface area contributed by atoms with Gasteiger partial charge >= 0.3 is 5.97 Å². The van der Waals surface area contributed by atoms with Gasteiger partial charge in [-0.1, -0.05) is 46.3 Å². The molecule has 0 spiro atoms. The normalized spacial score (nSPS) is 12.1. The van der Waals surface area contributed by atoms with Crippen molar-refractivity contribution in [2.24, 2.45) is 5.10 Å². The zero-order valence-corrected chi connectivity index (χ0v) is 25.8. The number of H-pyrrole nitrogens is 1. The molecule has 6 rings (SSSR count). The van der Waals surface area contributed by atoms with Gasteiger partial charge in [0.1, 0.15) is 11.4 Å². The van der Waals surface area contributed by atoms with Gasteiger partial charge in [0, 0.05) is 26.5 Å². The Labute approximate surface area is 263 Å². The van der Waals surface area contributed by atoms with E-state index in [-0.39, 0.29) is 18.1 Å². The molecule has 1 aromatic heterocycles. The molecule has 43 heavy (non-hydrogen) atoms. The molecule has 0 aliphatic carbocycles. The Morgan fingerprint density at radius 2 is 1.81 bits per heavy atom. The summed E-state index contributed by atoms with van der Waals surface area (Å²) < 4.78 is 23.4. The van der Waals surface area contributed by atoms with Crippen LogP contribution in [0.2, 0.25) is 0 Å². The van der Waals surface area contributed by atoms with Crippen molar-refractivity contribution in [2.45, 2.75) is 6.92 Å². The molecule has 0 atom stereocenters. The van der Waals surface area contributed by atoms with Gasteiger partial charge in [-0.2, -0.15) is 5.10 Å². The number of halogens is 2. The minimum atomic E-state index is -0.600. The van der Waals surface area contributed by atoms with E-state index in [1.807, 2.05) is 55.5 Å². The summed E-state index contributed by atoms with van der Waals surface area (Å²) in [6.07, 6.45) is 1.41. The number of hydrazone groups is 1. The first-order valence-corrected chi connectivity index (χ1v) is 14.8. The lowest BCUT2D eigenvalue weighted by Crippen LogP contribution is -2.19. The molecule has 216 valence electrons. The highest BCUT2D eigenvalue weighted by molar-refractivity contribution is 9.11. The number of rotatable bonds is 8. The number of nitrogens with one attached hydrogen (secondary N) is 2. The number of esters is 1. The predicted octanol–water partition coefficient (Wildman–Crippen LogP) is 7.47. The number of nitrogens with zero attached hydrogens (tertiary/aromatic N) is 1. The van der Waals surface area contributed by atoms with E-state index in [9.17, 15) is 9.59 Å². The monoisotopic (exact) mass is 703 g/mol. The fourth-order valence-electron chi connectivity index (χ4n) is 4.68. The Kier molecular flexibility index (Phi) is 8.17. The van der Waals surface area contributed by atoms with Crippen LogP contribution in [-0.2, 0) is 0 Å². The van der Waals surface area contributed by atoms with Crippen LogP contribution >= 0.6 is 31.9 Å². The van der Waals surface area contributed by atoms with Crippen LogP contribution in [0.4, 0.5) is 0 Å². The first-order valence-electron chi connectivity index (χ1n) is 13.2. The highest BCUT2D eigenvalue weighted by Gasteiger charge is 2.21. The quantitative estimate of drug-likeness (QED) is 0.0751. The van der Waals surface area contributed by atoms with Crippen molar-refractivity contribution in [2.75, 3.05) is 13.4 Å². The summed E-state index contributed by atoms with van der Waals surface area (Å²) in [6.45, 7) is 2.54. The number of carbonyl (C=O) groups is 2. The number of fused-ring (bicyclic) bond motifs is 2. The standard InChI is InChI=1S/C32H23Br2N3O6/c1-2-40-22-9-10-25-23(15-22)28(18-6-4-3-5-7-18)29(36-25)31(38)37-35-16-20-12-21(33)14-24(34)30(20)43-32(39)19-8-11-26-27(13-19)42-17-41-26/h3-16,36H,2,17H2,1H3,(H,37,38). The van der Waals surface area contributed by atoms with Crippen molar-refractivity contribution in [1.29, 1.82) is 0 Å². The highest BCUT2D eigenvalue weighted by Crippen LogP contribution is 2.36. The van der Waals surface area contributed by atoms with Crippen LogP contribution in [0, 0.1) is 0 Å². The number of ether oxygens (including phenoxy) is 4. The third-order valence-electron chi connectivity index (χ3n) is 6.58. The van der Waals surface area contributed by atoms with Crippen LogP contribution in [0.1, 0.15) is 33.3 Å². The van der Waals surface area contributed by atoms with E-state index in [0.29, 0.717) is 44.1 Å². The fraction of sp³-hybridized carbons (Fsp3) is 0.0938.